The first-order valence-corrected chi connectivity index (χ1v) is 7.35. The Balaban J connectivity index is 2.06. The van der Waals surface area contributed by atoms with Crippen LogP contribution >= 0.6 is 0 Å². The van der Waals surface area contributed by atoms with Crippen LogP contribution in [0.3, 0.4) is 0 Å². The second-order valence-corrected chi connectivity index (χ2v) is 5.49. The van der Waals surface area contributed by atoms with E-state index in [9.17, 15) is 4.79 Å². The minimum absolute atomic E-state index is 0.0252. The Morgan fingerprint density at radius 1 is 1.33 bits per heavy atom. The average molecular weight is 254 g/mol. The lowest BCUT2D eigenvalue weighted by Gasteiger charge is -2.37. The van der Waals surface area contributed by atoms with Gasteiger partial charge in [0, 0.05) is 19.3 Å². The van der Waals surface area contributed by atoms with Crippen molar-refractivity contribution in [2.45, 2.75) is 64.7 Å². The van der Waals surface area contributed by atoms with Crippen molar-refractivity contribution in [2.75, 3.05) is 13.2 Å². The topological polar surface area (TPSA) is 41.6 Å². The number of nitrogens with one attached hydrogen (secondary N) is 1. The molecule has 2 aliphatic rings. The van der Waals surface area contributed by atoms with Crippen molar-refractivity contribution in [2.24, 2.45) is 5.92 Å². The van der Waals surface area contributed by atoms with E-state index in [0.717, 1.165) is 38.9 Å². The van der Waals surface area contributed by atoms with Crippen LogP contribution in [-0.4, -0.2) is 42.3 Å². The van der Waals surface area contributed by atoms with Crippen LogP contribution in [0.1, 0.15) is 46.5 Å². The van der Waals surface area contributed by atoms with E-state index in [1.54, 1.807) is 0 Å². The summed E-state index contributed by atoms with van der Waals surface area (Å²) in [6, 6.07) is 0.354. The van der Waals surface area contributed by atoms with Gasteiger partial charge in [-0.15, -0.1) is 0 Å². The molecule has 0 aliphatic carbocycles. The fourth-order valence-corrected chi connectivity index (χ4v) is 3.23. The molecule has 4 heteroatoms. The first kappa shape index (κ1) is 13.8. The summed E-state index contributed by atoms with van der Waals surface area (Å²) in [6.07, 6.45) is 4.25. The molecule has 0 spiro atoms. The number of ether oxygens (including phenoxy) is 1. The molecule has 2 aliphatic heterocycles. The monoisotopic (exact) mass is 254 g/mol. The molecule has 0 saturated carbocycles. The first-order chi connectivity index (χ1) is 8.69. The standard InChI is InChI=1S/C14H26N2O2/c1-4-12-14(17)16(13(5-2)15-12)10(3)11-6-8-18-9-7-11/h10-13,15H,4-9H2,1-3H3. The molecule has 1 amide bonds. The summed E-state index contributed by atoms with van der Waals surface area (Å²) < 4.78 is 5.42. The highest BCUT2D eigenvalue weighted by Gasteiger charge is 2.41. The van der Waals surface area contributed by atoms with Gasteiger partial charge in [0.05, 0.1) is 12.2 Å². The molecule has 2 fully saturated rings. The number of rotatable bonds is 4. The predicted octanol–water partition coefficient (Wildman–Crippen LogP) is 1.75. The Morgan fingerprint density at radius 2 is 2.00 bits per heavy atom. The lowest BCUT2D eigenvalue weighted by atomic mass is 9.91. The van der Waals surface area contributed by atoms with E-state index in [-0.39, 0.29) is 12.2 Å². The summed E-state index contributed by atoms with van der Waals surface area (Å²) in [5.74, 6) is 0.887. The van der Waals surface area contributed by atoms with Crippen molar-refractivity contribution in [3.8, 4) is 0 Å². The maximum atomic E-state index is 12.4. The van der Waals surface area contributed by atoms with Crippen LogP contribution in [-0.2, 0) is 9.53 Å². The minimum Gasteiger partial charge on any atom is -0.381 e. The third-order valence-corrected chi connectivity index (χ3v) is 4.46. The van der Waals surface area contributed by atoms with Gasteiger partial charge in [-0.2, -0.15) is 0 Å². The second kappa shape index (κ2) is 6.02. The Labute approximate surface area is 110 Å². The SMILES string of the molecule is CCC1NC(CC)N(C(C)C2CCOCC2)C1=O. The van der Waals surface area contributed by atoms with Crippen LogP contribution in [0.25, 0.3) is 0 Å². The highest BCUT2D eigenvalue weighted by atomic mass is 16.5. The molecule has 0 aromatic carbocycles. The average Bonchev–Trinajstić information content (AvgIpc) is 2.75. The second-order valence-electron chi connectivity index (χ2n) is 5.49. The molecule has 0 bridgehead atoms. The van der Waals surface area contributed by atoms with E-state index in [1.165, 1.54) is 0 Å². The largest absolute Gasteiger partial charge is 0.381 e. The van der Waals surface area contributed by atoms with E-state index >= 15 is 0 Å². The summed E-state index contributed by atoms with van der Waals surface area (Å²) in [5.41, 5.74) is 0. The molecule has 0 aromatic heterocycles. The van der Waals surface area contributed by atoms with Gasteiger partial charge < -0.3 is 9.64 Å². The van der Waals surface area contributed by atoms with Gasteiger partial charge in [-0.3, -0.25) is 10.1 Å². The van der Waals surface area contributed by atoms with Crippen molar-refractivity contribution in [1.29, 1.82) is 0 Å². The molecule has 3 atom stereocenters. The molecular formula is C14H26N2O2. The van der Waals surface area contributed by atoms with Crippen LogP contribution in [0.15, 0.2) is 0 Å². The molecular weight excluding hydrogens is 228 g/mol. The minimum atomic E-state index is 0.0252. The smallest absolute Gasteiger partial charge is 0.241 e. The Morgan fingerprint density at radius 3 is 2.56 bits per heavy atom. The van der Waals surface area contributed by atoms with Gasteiger partial charge in [-0.25, -0.2) is 0 Å². The molecule has 2 rings (SSSR count). The zero-order valence-electron chi connectivity index (χ0n) is 11.8. The van der Waals surface area contributed by atoms with Gasteiger partial charge in [0.2, 0.25) is 5.91 Å². The Kier molecular flexibility index (Phi) is 4.62. The highest BCUT2D eigenvalue weighted by Crippen LogP contribution is 2.27. The van der Waals surface area contributed by atoms with E-state index in [2.05, 4.69) is 31.0 Å². The van der Waals surface area contributed by atoms with Crippen molar-refractivity contribution in [1.82, 2.24) is 10.2 Å². The molecule has 18 heavy (non-hydrogen) atoms. The van der Waals surface area contributed by atoms with Crippen LogP contribution in [0.4, 0.5) is 0 Å². The predicted molar refractivity (Wildman–Crippen MR) is 71.1 cm³/mol. The lowest BCUT2D eigenvalue weighted by molar-refractivity contribution is -0.134. The number of hydrogen-bond donors (Lipinski definition) is 1. The van der Waals surface area contributed by atoms with Crippen LogP contribution in [0, 0.1) is 5.92 Å². The van der Waals surface area contributed by atoms with E-state index in [4.69, 9.17) is 4.74 Å². The molecule has 0 aromatic rings. The van der Waals surface area contributed by atoms with Gasteiger partial charge in [0.25, 0.3) is 0 Å². The number of carbonyl (C=O) groups excluding carboxylic acids is 1. The van der Waals surface area contributed by atoms with Crippen LogP contribution in [0.5, 0.6) is 0 Å². The third kappa shape index (κ3) is 2.54. The van der Waals surface area contributed by atoms with Crippen molar-refractivity contribution in [3.05, 3.63) is 0 Å². The maximum absolute atomic E-state index is 12.4. The van der Waals surface area contributed by atoms with Gasteiger partial charge in [-0.05, 0) is 38.5 Å². The highest BCUT2D eigenvalue weighted by molar-refractivity contribution is 5.84. The van der Waals surface area contributed by atoms with Gasteiger partial charge in [-0.1, -0.05) is 13.8 Å². The van der Waals surface area contributed by atoms with E-state index < -0.39 is 0 Å². The zero-order valence-corrected chi connectivity index (χ0v) is 11.8. The Bertz CT molecular complexity index is 290. The fourth-order valence-electron chi connectivity index (χ4n) is 3.23. The molecule has 0 radical (unpaired) electrons. The maximum Gasteiger partial charge on any atom is 0.241 e. The van der Waals surface area contributed by atoms with E-state index in [1.807, 2.05) is 0 Å². The molecule has 2 heterocycles. The summed E-state index contributed by atoms with van der Waals surface area (Å²) in [7, 11) is 0. The number of nitrogens with zero attached hydrogens (tertiary/aromatic N) is 1. The van der Waals surface area contributed by atoms with Gasteiger partial charge in [0.1, 0.15) is 0 Å². The number of amides is 1. The summed E-state index contributed by atoms with van der Waals surface area (Å²) in [4.78, 5) is 14.5. The molecule has 4 nitrogen and oxygen atoms in total. The zero-order chi connectivity index (χ0) is 13.1. The van der Waals surface area contributed by atoms with Crippen molar-refractivity contribution in [3.63, 3.8) is 0 Å². The molecule has 3 unspecified atom stereocenters. The van der Waals surface area contributed by atoms with Crippen molar-refractivity contribution >= 4 is 5.91 Å². The quantitative estimate of drug-likeness (QED) is 0.831. The molecule has 1 N–H and O–H groups in total. The van der Waals surface area contributed by atoms with Crippen LogP contribution < -0.4 is 5.32 Å². The summed E-state index contributed by atoms with van der Waals surface area (Å²) in [5, 5.41) is 3.46. The van der Waals surface area contributed by atoms with Crippen LogP contribution in [0.2, 0.25) is 0 Å². The first-order valence-electron chi connectivity index (χ1n) is 7.35. The number of hydrogen-bond acceptors (Lipinski definition) is 3. The molecule has 2 saturated heterocycles. The normalized spacial score (nSPS) is 31.9. The van der Waals surface area contributed by atoms with Gasteiger partial charge >= 0.3 is 0 Å². The fraction of sp³-hybridized carbons (Fsp3) is 0.929. The Hall–Kier alpha value is -0.610. The van der Waals surface area contributed by atoms with Crippen molar-refractivity contribution < 1.29 is 9.53 Å². The number of carbonyl (C=O) groups is 1. The molecule has 104 valence electrons. The van der Waals surface area contributed by atoms with E-state index in [0.29, 0.717) is 17.9 Å². The summed E-state index contributed by atoms with van der Waals surface area (Å²) in [6.45, 7) is 8.12. The van der Waals surface area contributed by atoms with Gasteiger partial charge in [0.15, 0.2) is 0 Å². The third-order valence-electron chi connectivity index (χ3n) is 4.46. The summed E-state index contributed by atoms with van der Waals surface area (Å²) >= 11 is 0. The lowest BCUT2D eigenvalue weighted by Crippen LogP contribution is -2.47.